The van der Waals surface area contributed by atoms with E-state index in [9.17, 15) is 14.7 Å². The van der Waals surface area contributed by atoms with Gasteiger partial charge in [-0.15, -0.1) is 0 Å². The predicted octanol–water partition coefficient (Wildman–Crippen LogP) is -2.56. The van der Waals surface area contributed by atoms with Crippen molar-refractivity contribution in [3.8, 4) is 0 Å². The van der Waals surface area contributed by atoms with Gasteiger partial charge in [-0.1, -0.05) is 12.2 Å². The first-order valence-corrected chi connectivity index (χ1v) is 7.72. The Morgan fingerprint density at radius 1 is 1.52 bits per heavy atom. The van der Waals surface area contributed by atoms with Crippen molar-refractivity contribution in [2.45, 2.75) is 25.6 Å². The summed E-state index contributed by atoms with van der Waals surface area (Å²) >= 11 is 0. The van der Waals surface area contributed by atoms with Gasteiger partial charge in [-0.25, -0.2) is 0 Å². The predicted molar refractivity (Wildman–Crippen MR) is 72.2 cm³/mol. The molecule has 1 N–H and O–H groups in total. The Morgan fingerprint density at radius 3 is 2.86 bits per heavy atom. The lowest BCUT2D eigenvalue weighted by atomic mass is 9.77. The van der Waals surface area contributed by atoms with Crippen LogP contribution in [0.1, 0.15) is 13.8 Å². The molecule has 6 heteroatoms. The number of nitrogens with zero attached hydrogens (tertiary/aromatic N) is 1. The number of carboxylic acids is 1. The second-order valence-electron chi connectivity index (χ2n) is 6.19. The largest absolute Gasteiger partial charge is 0.550 e. The fourth-order valence-electron chi connectivity index (χ4n) is 3.93. The van der Waals surface area contributed by atoms with Gasteiger partial charge < -0.3 is 24.4 Å². The molecule has 2 saturated heterocycles. The molecule has 1 spiro atoms. The van der Waals surface area contributed by atoms with Gasteiger partial charge in [0, 0.05) is 11.9 Å². The number of quaternary nitrogens is 1. The average molecular weight is 294 g/mol. The van der Waals surface area contributed by atoms with Crippen molar-refractivity contribution in [3.63, 3.8) is 0 Å². The van der Waals surface area contributed by atoms with Crippen LogP contribution >= 0.6 is 0 Å². The number of aliphatic carboxylic acids is 1. The van der Waals surface area contributed by atoms with E-state index in [1.54, 1.807) is 11.0 Å². The second-order valence-corrected chi connectivity index (χ2v) is 6.19. The number of carbonyl (C=O) groups is 2. The molecular formula is C15H22N2O4. The summed E-state index contributed by atoms with van der Waals surface area (Å²) in [7, 11) is 0. The summed E-state index contributed by atoms with van der Waals surface area (Å²) in [5, 5.41) is 11.3. The molecule has 2 bridgehead atoms. The number of hydrogen-bond donors (Lipinski definition) is 1. The summed E-state index contributed by atoms with van der Waals surface area (Å²) in [4.78, 5) is 27.1. The zero-order chi connectivity index (χ0) is 15.2. The molecule has 3 aliphatic heterocycles. The van der Waals surface area contributed by atoms with Crippen LogP contribution in [0.4, 0.5) is 0 Å². The summed E-state index contributed by atoms with van der Waals surface area (Å²) in [6.45, 7) is 8.28. The Labute approximate surface area is 124 Å². The summed E-state index contributed by atoms with van der Waals surface area (Å²) in [6, 6.07) is 0. The van der Waals surface area contributed by atoms with Gasteiger partial charge in [-0.3, -0.25) is 4.79 Å². The van der Waals surface area contributed by atoms with Crippen molar-refractivity contribution in [1.82, 2.24) is 4.90 Å². The zero-order valence-electron chi connectivity index (χ0n) is 12.5. The van der Waals surface area contributed by atoms with Gasteiger partial charge in [0.25, 0.3) is 0 Å². The van der Waals surface area contributed by atoms with Crippen LogP contribution in [0.25, 0.3) is 0 Å². The third kappa shape index (κ3) is 2.08. The van der Waals surface area contributed by atoms with Gasteiger partial charge in [0.2, 0.25) is 5.91 Å². The normalized spacial score (nSPS) is 36.8. The smallest absolute Gasteiger partial charge is 0.230 e. The lowest BCUT2D eigenvalue weighted by molar-refractivity contribution is -0.895. The van der Waals surface area contributed by atoms with Gasteiger partial charge in [0.05, 0.1) is 44.7 Å². The van der Waals surface area contributed by atoms with E-state index in [2.05, 4.69) is 13.8 Å². The molecule has 0 aromatic carbocycles. The molecule has 116 valence electrons. The molecule has 3 rings (SSSR count). The van der Waals surface area contributed by atoms with Gasteiger partial charge in [0.15, 0.2) is 0 Å². The molecule has 0 aromatic rings. The number of hydrogen-bond acceptors (Lipinski definition) is 4. The van der Waals surface area contributed by atoms with E-state index in [1.807, 2.05) is 6.08 Å². The van der Waals surface area contributed by atoms with Gasteiger partial charge in [-0.05, 0) is 13.8 Å². The van der Waals surface area contributed by atoms with Gasteiger partial charge in [0.1, 0.15) is 5.60 Å². The second kappa shape index (κ2) is 5.10. The Morgan fingerprint density at radius 2 is 2.24 bits per heavy atom. The van der Waals surface area contributed by atoms with Crippen LogP contribution in [-0.2, 0) is 14.3 Å². The number of ether oxygens (including phenoxy) is 1. The van der Waals surface area contributed by atoms with Crippen LogP contribution in [0.5, 0.6) is 0 Å². The number of rotatable bonds is 6. The minimum atomic E-state index is -1.18. The molecule has 0 saturated carbocycles. The summed E-state index contributed by atoms with van der Waals surface area (Å²) in [5.41, 5.74) is -0.731. The fraction of sp³-hybridized carbons (Fsp3) is 0.733. The third-order valence-corrected chi connectivity index (χ3v) is 5.19. The number of likely N-dealkylation sites (tertiary alicyclic amines) is 1. The highest BCUT2D eigenvalue weighted by molar-refractivity contribution is 5.90. The Balaban J connectivity index is 1.74. The van der Waals surface area contributed by atoms with Crippen molar-refractivity contribution in [1.29, 1.82) is 0 Å². The molecule has 6 nitrogen and oxygen atoms in total. The van der Waals surface area contributed by atoms with E-state index in [-0.39, 0.29) is 5.91 Å². The monoisotopic (exact) mass is 294 g/mol. The average Bonchev–Trinajstić information content (AvgIpc) is 3.08. The van der Waals surface area contributed by atoms with E-state index >= 15 is 0 Å². The third-order valence-electron chi connectivity index (χ3n) is 5.19. The summed E-state index contributed by atoms with van der Waals surface area (Å²) < 4.78 is 5.82. The molecule has 2 fully saturated rings. The minimum Gasteiger partial charge on any atom is -0.550 e. The van der Waals surface area contributed by atoms with Gasteiger partial charge >= 0.3 is 0 Å². The number of amides is 1. The van der Waals surface area contributed by atoms with Crippen LogP contribution in [0.15, 0.2) is 12.2 Å². The van der Waals surface area contributed by atoms with Crippen LogP contribution in [-0.4, -0.2) is 61.2 Å². The maximum atomic E-state index is 12.6. The molecule has 3 aliphatic rings. The summed E-state index contributed by atoms with van der Waals surface area (Å²) in [5.74, 6) is -2.72. The SMILES string of the molecule is CC[NH+](CC)CCN1C[C@@]23C=C[C@H](O2)[C@H](C(=O)[O-])[C@@H]3C1=O. The Kier molecular flexibility index (Phi) is 3.53. The number of carbonyl (C=O) groups excluding carboxylic acids is 2. The lowest BCUT2D eigenvalue weighted by Gasteiger charge is -2.24. The molecule has 1 amide bonds. The Hall–Kier alpha value is -1.40. The van der Waals surface area contributed by atoms with Crippen molar-refractivity contribution >= 4 is 11.9 Å². The van der Waals surface area contributed by atoms with E-state index in [0.29, 0.717) is 13.1 Å². The van der Waals surface area contributed by atoms with E-state index in [4.69, 9.17) is 4.74 Å². The number of likely N-dealkylation sites (N-methyl/N-ethyl adjacent to an activating group) is 1. The molecule has 0 unspecified atom stereocenters. The minimum absolute atomic E-state index is 0.0948. The number of fused-ring (bicyclic) bond motifs is 1. The van der Waals surface area contributed by atoms with Crippen molar-refractivity contribution in [2.24, 2.45) is 11.8 Å². The van der Waals surface area contributed by atoms with Gasteiger partial charge in [-0.2, -0.15) is 0 Å². The topological polar surface area (TPSA) is 74.1 Å². The van der Waals surface area contributed by atoms with E-state index in [0.717, 1.165) is 19.6 Å². The molecular weight excluding hydrogens is 272 g/mol. The van der Waals surface area contributed by atoms with Crippen LogP contribution < -0.4 is 10.0 Å². The lowest BCUT2D eigenvalue weighted by Crippen LogP contribution is -3.12. The van der Waals surface area contributed by atoms with Crippen molar-refractivity contribution < 1.29 is 24.3 Å². The molecule has 21 heavy (non-hydrogen) atoms. The first-order valence-electron chi connectivity index (χ1n) is 7.72. The first kappa shape index (κ1) is 14.5. The first-order chi connectivity index (χ1) is 10.0. The maximum Gasteiger partial charge on any atom is 0.230 e. The van der Waals surface area contributed by atoms with E-state index in [1.165, 1.54) is 4.90 Å². The molecule has 0 aliphatic carbocycles. The van der Waals surface area contributed by atoms with E-state index < -0.39 is 29.5 Å². The quantitative estimate of drug-likeness (QED) is 0.547. The van der Waals surface area contributed by atoms with Crippen LogP contribution in [0.3, 0.4) is 0 Å². The highest BCUT2D eigenvalue weighted by atomic mass is 16.5. The standard InChI is InChI=1S/C15H22N2O4/c1-3-16(4-2)7-8-17-9-15-6-5-10(21-15)11(14(19)20)12(15)13(17)18/h5-6,10-12H,3-4,7-9H2,1-2H3,(H,19,20)/t10-,11-,12+,15+/m0/s1. The molecule has 0 radical (unpaired) electrons. The highest BCUT2D eigenvalue weighted by Gasteiger charge is 2.65. The molecule has 4 atom stereocenters. The van der Waals surface area contributed by atoms with Crippen molar-refractivity contribution in [3.05, 3.63) is 12.2 Å². The molecule has 3 heterocycles. The maximum absolute atomic E-state index is 12.6. The zero-order valence-corrected chi connectivity index (χ0v) is 12.5. The van der Waals surface area contributed by atoms with Crippen LogP contribution in [0, 0.1) is 11.8 Å². The fourth-order valence-corrected chi connectivity index (χ4v) is 3.93. The number of carboxylic acid groups (broad SMARTS) is 1. The Bertz CT molecular complexity index is 488. The number of nitrogens with one attached hydrogen (secondary N) is 1. The molecule has 0 aromatic heterocycles. The van der Waals surface area contributed by atoms with Crippen molar-refractivity contribution in [2.75, 3.05) is 32.7 Å². The summed E-state index contributed by atoms with van der Waals surface area (Å²) in [6.07, 6.45) is 3.15. The highest BCUT2D eigenvalue weighted by Crippen LogP contribution is 2.51. The van der Waals surface area contributed by atoms with Crippen LogP contribution in [0.2, 0.25) is 0 Å².